The Labute approximate surface area is 115 Å². The third-order valence-corrected chi connectivity index (χ3v) is 3.72. The summed E-state index contributed by atoms with van der Waals surface area (Å²) in [4.78, 5) is 11.5. The molecule has 0 radical (unpaired) electrons. The van der Waals surface area contributed by atoms with Gasteiger partial charge in [-0.25, -0.2) is 12.7 Å². The van der Waals surface area contributed by atoms with Crippen molar-refractivity contribution in [2.45, 2.75) is 20.8 Å². The van der Waals surface area contributed by atoms with Gasteiger partial charge in [0.1, 0.15) is 0 Å². The smallest absolute Gasteiger partial charge is 0.476 e. The molecule has 7 heteroatoms. The zero-order valence-electron chi connectivity index (χ0n) is 10.9. The molecule has 0 saturated heterocycles. The molecule has 0 heterocycles. The Morgan fingerprint density at radius 2 is 1.71 bits per heavy atom. The Kier molecular flexibility index (Phi) is 11.1. The molecule has 0 amide bonds. The molecule has 0 aliphatic carbocycles. The molecule has 0 aliphatic rings. The zero-order valence-corrected chi connectivity index (χ0v) is 11.8. The normalized spacial score (nSPS) is 10.3. The Morgan fingerprint density at radius 1 is 1.24 bits per heavy atom. The predicted octanol–water partition coefficient (Wildman–Crippen LogP) is -0.462. The van der Waals surface area contributed by atoms with Crippen molar-refractivity contribution in [3.05, 3.63) is 18.3 Å². The van der Waals surface area contributed by atoms with E-state index >= 15 is 0 Å². The van der Waals surface area contributed by atoms with Crippen molar-refractivity contribution in [2.24, 2.45) is 0 Å². The van der Waals surface area contributed by atoms with Gasteiger partial charge in [0.2, 0.25) is 0 Å². The molecule has 0 atom stereocenters. The van der Waals surface area contributed by atoms with Gasteiger partial charge in [0.05, 0.1) is 19.8 Å². The van der Waals surface area contributed by atoms with Crippen LogP contribution in [-0.4, -0.2) is 25.8 Å². The van der Waals surface area contributed by atoms with Crippen LogP contribution in [0.15, 0.2) is 12.7 Å². The molecule has 0 unspecified atom stereocenters. The van der Waals surface area contributed by atoms with Gasteiger partial charge < -0.3 is 13.8 Å². The minimum atomic E-state index is -3.59. The van der Waals surface area contributed by atoms with Crippen LogP contribution in [-0.2, 0) is 23.1 Å². The van der Waals surface area contributed by atoms with Gasteiger partial charge in [-0.2, -0.15) is 0 Å². The van der Waals surface area contributed by atoms with E-state index in [2.05, 4.69) is 6.58 Å². The van der Waals surface area contributed by atoms with E-state index in [1.807, 2.05) is 0 Å². The van der Waals surface area contributed by atoms with Crippen LogP contribution in [0.1, 0.15) is 20.8 Å². The number of rotatable bonds is 8. The summed E-state index contributed by atoms with van der Waals surface area (Å²) >= 11 is 0. The van der Waals surface area contributed by atoms with E-state index in [-0.39, 0.29) is 44.3 Å². The van der Waals surface area contributed by atoms with Crippen LogP contribution in [0, 0.1) is 5.66 Å². The van der Waals surface area contributed by atoms with Gasteiger partial charge >= 0.3 is 18.9 Å². The van der Waals surface area contributed by atoms with Crippen molar-refractivity contribution < 1.29 is 42.0 Å². The molecule has 0 N–H and O–H groups in total. The van der Waals surface area contributed by atoms with Crippen molar-refractivity contribution in [3.8, 4) is 0 Å². The maximum atomic E-state index is 12.2. The predicted molar refractivity (Wildman–Crippen MR) is 60.9 cm³/mol. The zero-order chi connectivity index (χ0) is 12.6. The van der Waals surface area contributed by atoms with E-state index in [0.29, 0.717) is 0 Å². The summed E-state index contributed by atoms with van der Waals surface area (Å²) in [7, 11) is -3.59. The molecular weight excluding hydrogens is 238 g/mol. The average molecular weight is 256 g/mol. The largest absolute Gasteiger partial charge is 1.00 e. The molecule has 0 aromatic heterocycles. The first kappa shape index (κ1) is 19.2. The van der Waals surface area contributed by atoms with Crippen molar-refractivity contribution in [1.82, 2.24) is 0 Å². The molecule has 0 saturated carbocycles. The molecule has 94 valence electrons. The minimum absolute atomic E-state index is 0. The fourth-order valence-corrected chi connectivity index (χ4v) is 2.57. The molecule has 0 fully saturated rings. The first-order valence-electron chi connectivity index (χ1n) is 5.11. The van der Waals surface area contributed by atoms with Crippen LogP contribution in [0.3, 0.4) is 0 Å². The van der Waals surface area contributed by atoms with Crippen LogP contribution in [0.25, 0.3) is 0 Å². The summed E-state index contributed by atoms with van der Waals surface area (Å²) in [5, 5.41) is 0. The Hall–Kier alpha value is -0.173. The van der Waals surface area contributed by atoms with E-state index in [9.17, 15) is 9.36 Å². The molecule has 5 nitrogen and oxygen atoms in total. The molecule has 0 spiro atoms. The monoisotopic (exact) mass is 256 g/mol. The summed E-state index contributed by atoms with van der Waals surface area (Å²) in [6, 6.07) is 0. The van der Waals surface area contributed by atoms with Gasteiger partial charge in [-0.05, 0) is 20.8 Å². The summed E-state index contributed by atoms with van der Waals surface area (Å²) in [6.07, 6.45) is 1.16. The third-order valence-electron chi connectivity index (χ3n) is 1.57. The number of hydrogen-bond acceptors (Lipinski definition) is 5. The molecular formula is C10H18LiO5P. The van der Waals surface area contributed by atoms with Crippen LogP contribution >= 0.6 is 7.60 Å². The fourth-order valence-electron chi connectivity index (χ4n) is 1.03. The van der Waals surface area contributed by atoms with Gasteiger partial charge in [0.25, 0.3) is 13.6 Å². The fraction of sp³-hybridized carbons (Fsp3) is 0.600. The SMILES string of the molecule is C=C[C-](C(=O)OCC)P(=O)(OCC)OCC.[Li+]. The molecule has 17 heavy (non-hydrogen) atoms. The van der Waals surface area contributed by atoms with E-state index in [1.165, 1.54) is 0 Å². The Morgan fingerprint density at radius 3 is 2.00 bits per heavy atom. The van der Waals surface area contributed by atoms with Gasteiger partial charge in [-0.15, -0.1) is 0 Å². The first-order chi connectivity index (χ1) is 7.55. The molecule has 0 aromatic carbocycles. The number of ether oxygens (including phenoxy) is 1. The van der Waals surface area contributed by atoms with Crippen LogP contribution in [0.5, 0.6) is 0 Å². The quantitative estimate of drug-likeness (QED) is 0.254. The van der Waals surface area contributed by atoms with Gasteiger partial charge in [0.15, 0.2) is 0 Å². The number of hydrogen-bond donors (Lipinski definition) is 0. The first-order valence-corrected chi connectivity index (χ1v) is 6.66. The average Bonchev–Trinajstić information content (AvgIpc) is 2.19. The number of esters is 1. The molecule has 0 aromatic rings. The summed E-state index contributed by atoms with van der Waals surface area (Å²) in [5.74, 6) is -0.720. The van der Waals surface area contributed by atoms with Crippen molar-refractivity contribution in [3.63, 3.8) is 0 Å². The molecule has 0 aliphatic heterocycles. The van der Waals surface area contributed by atoms with Crippen molar-refractivity contribution >= 4 is 13.6 Å². The maximum Gasteiger partial charge on any atom is 1.00 e. The van der Waals surface area contributed by atoms with Gasteiger partial charge in [0, 0.05) is 5.66 Å². The van der Waals surface area contributed by atoms with Crippen LogP contribution in [0.2, 0.25) is 0 Å². The second-order valence-corrected chi connectivity index (χ2v) is 4.64. The topological polar surface area (TPSA) is 61.8 Å². The van der Waals surface area contributed by atoms with Crippen molar-refractivity contribution in [2.75, 3.05) is 19.8 Å². The van der Waals surface area contributed by atoms with Gasteiger partial charge in [-0.3, -0.25) is 9.36 Å². The van der Waals surface area contributed by atoms with E-state index in [4.69, 9.17) is 13.8 Å². The third kappa shape index (κ3) is 5.81. The van der Waals surface area contributed by atoms with Gasteiger partial charge in [-0.1, -0.05) is 0 Å². The summed E-state index contributed by atoms with van der Waals surface area (Å²) < 4.78 is 27.0. The summed E-state index contributed by atoms with van der Waals surface area (Å²) in [5.41, 5.74) is -0.155. The second-order valence-electron chi connectivity index (χ2n) is 2.64. The second kappa shape index (κ2) is 9.82. The van der Waals surface area contributed by atoms with Crippen LogP contribution < -0.4 is 18.9 Å². The Bertz CT molecular complexity index is 272. The number of carbonyl (C=O) groups is 1. The Balaban J connectivity index is 0. The van der Waals surface area contributed by atoms with Crippen LogP contribution in [0.4, 0.5) is 0 Å². The van der Waals surface area contributed by atoms with E-state index < -0.39 is 13.6 Å². The standard InChI is InChI=1S/C10H18O5P.Li/c1-5-9(10(11)13-6-2)16(12,14-7-3)15-8-4;/h5H,1,6-8H2,2-4H3;/q-1;+1. The van der Waals surface area contributed by atoms with E-state index in [0.717, 1.165) is 6.08 Å². The summed E-state index contributed by atoms with van der Waals surface area (Å²) in [6.45, 7) is 8.95. The molecule has 0 bridgehead atoms. The minimum Gasteiger partial charge on any atom is -0.476 e. The van der Waals surface area contributed by atoms with E-state index in [1.54, 1.807) is 20.8 Å². The van der Waals surface area contributed by atoms with Crippen molar-refractivity contribution in [1.29, 1.82) is 0 Å². The number of carbonyl (C=O) groups excluding carboxylic acids is 1. The maximum absolute atomic E-state index is 12.2. The molecule has 0 rings (SSSR count).